The highest BCUT2D eigenvalue weighted by Gasteiger charge is 2.18. The van der Waals surface area contributed by atoms with Crippen LogP contribution >= 0.6 is 0 Å². The molecule has 0 N–H and O–H groups in total. The summed E-state index contributed by atoms with van der Waals surface area (Å²) in [6.07, 6.45) is 0. The lowest BCUT2D eigenvalue weighted by Crippen LogP contribution is -1.85. The molecule has 0 amide bonds. The highest BCUT2D eigenvalue weighted by molar-refractivity contribution is 6.33. The predicted molar refractivity (Wildman–Crippen MR) is 110 cm³/mol. The summed E-state index contributed by atoms with van der Waals surface area (Å²) in [6, 6.07) is 28.1. The van der Waals surface area contributed by atoms with Crippen LogP contribution in [0.4, 0.5) is 0 Å². The Balaban J connectivity index is 1.90. The van der Waals surface area contributed by atoms with E-state index in [4.69, 9.17) is 4.42 Å². The monoisotopic (exact) mass is 332 g/mol. The minimum absolute atomic E-state index is 0.968. The first-order chi connectivity index (χ1) is 12.8. The Bertz CT molecular complexity index is 1420. The topological polar surface area (TPSA) is 13.1 Å². The number of aryl methyl sites for hydroxylation is 1. The van der Waals surface area contributed by atoms with Gasteiger partial charge in [-0.15, -0.1) is 0 Å². The number of benzene rings is 5. The van der Waals surface area contributed by atoms with Gasteiger partial charge in [0, 0.05) is 10.8 Å². The number of hydrogen-bond donors (Lipinski definition) is 0. The molecule has 5 aromatic carbocycles. The Kier molecular flexibility index (Phi) is 2.60. The molecule has 0 radical (unpaired) electrons. The zero-order valence-corrected chi connectivity index (χ0v) is 14.4. The molecule has 1 aromatic heterocycles. The average molecular weight is 332 g/mol. The van der Waals surface area contributed by atoms with Gasteiger partial charge in [-0.1, -0.05) is 66.2 Å². The minimum atomic E-state index is 0.968. The summed E-state index contributed by atoms with van der Waals surface area (Å²) in [5, 5.41) is 7.63. The fraction of sp³-hybridized carbons (Fsp3) is 0.0400. The molecule has 0 aliphatic rings. The molecule has 0 aliphatic heterocycles. The van der Waals surface area contributed by atoms with Crippen molar-refractivity contribution < 1.29 is 4.42 Å². The molecule has 122 valence electrons. The normalized spacial score (nSPS) is 12.0. The Morgan fingerprint density at radius 1 is 0.538 bits per heavy atom. The van der Waals surface area contributed by atoms with Crippen LogP contribution in [-0.4, -0.2) is 0 Å². The molecule has 0 unspecified atom stereocenters. The van der Waals surface area contributed by atoms with Crippen LogP contribution in [0.25, 0.3) is 54.6 Å². The predicted octanol–water partition coefficient (Wildman–Crippen LogP) is 7.31. The van der Waals surface area contributed by atoms with E-state index in [0.717, 1.165) is 11.2 Å². The number of furan rings is 1. The van der Waals surface area contributed by atoms with Gasteiger partial charge in [0.15, 0.2) is 0 Å². The van der Waals surface area contributed by atoms with E-state index in [1.807, 2.05) is 0 Å². The second-order valence-corrected chi connectivity index (χ2v) is 7.09. The first kappa shape index (κ1) is 13.9. The Labute approximate surface area is 150 Å². The second-order valence-electron chi connectivity index (χ2n) is 7.09. The summed E-state index contributed by atoms with van der Waals surface area (Å²) in [4.78, 5) is 0. The van der Waals surface area contributed by atoms with E-state index in [-0.39, 0.29) is 0 Å². The molecule has 0 atom stereocenters. The zero-order chi connectivity index (χ0) is 17.3. The van der Waals surface area contributed by atoms with Gasteiger partial charge in [-0.25, -0.2) is 0 Å². The maximum atomic E-state index is 6.28. The summed E-state index contributed by atoms with van der Waals surface area (Å²) in [5.41, 5.74) is 5.63. The molecule has 0 aliphatic carbocycles. The first-order valence-electron chi connectivity index (χ1n) is 8.96. The molecule has 0 spiro atoms. The van der Waals surface area contributed by atoms with Gasteiger partial charge in [0.25, 0.3) is 0 Å². The molecule has 0 saturated carbocycles. The van der Waals surface area contributed by atoms with Crippen molar-refractivity contribution in [1.82, 2.24) is 0 Å². The smallest absolute Gasteiger partial charge is 0.136 e. The lowest BCUT2D eigenvalue weighted by atomic mass is 9.91. The van der Waals surface area contributed by atoms with E-state index in [1.54, 1.807) is 0 Å². The van der Waals surface area contributed by atoms with Crippen molar-refractivity contribution in [2.24, 2.45) is 0 Å². The van der Waals surface area contributed by atoms with E-state index >= 15 is 0 Å². The van der Waals surface area contributed by atoms with Gasteiger partial charge >= 0.3 is 0 Å². The van der Waals surface area contributed by atoms with E-state index in [1.165, 1.54) is 49.0 Å². The quantitative estimate of drug-likeness (QED) is 0.288. The van der Waals surface area contributed by atoms with Crippen molar-refractivity contribution in [3.8, 4) is 11.1 Å². The fourth-order valence-corrected chi connectivity index (χ4v) is 4.30. The van der Waals surface area contributed by atoms with Crippen molar-refractivity contribution in [3.63, 3.8) is 0 Å². The van der Waals surface area contributed by atoms with E-state index in [2.05, 4.69) is 85.8 Å². The third kappa shape index (κ3) is 1.75. The Hall–Kier alpha value is -3.32. The Morgan fingerprint density at radius 3 is 2.27 bits per heavy atom. The third-order valence-corrected chi connectivity index (χ3v) is 5.46. The summed E-state index contributed by atoms with van der Waals surface area (Å²) in [7, 11) is 0. The number of rotatable bonds is 1. The standard InChI is InChI=1S/C25H16O/c1-15-10-11-18-20(12-15)19-8-5-9-22-24(19)25-21(18)13-17(14-23(25)26-22)16-6-3-2-4-7-16/h2-14H,1H3. The lowest BCUT2D eigenvalue weighted by Gasteiger charge is -2.10. The highest BCUT2D eigenvalue weighted by Crippen LogP contribution is 2.44. The van der Waals surface area contributed by atoms with Gasteiger partial charge in [0.1, 0.15) is 11.2 Å². The molecule has 1 heteroatoms. The van der Waals surface area contributed by atoms with Crippen LogP contribution in [0.2, 0.25) is 0 Å². The van der Waals surface area contributed by atoms with Crippen molar-refractivity contribution in [2.45, 2.75) is 6.92 Å². The van der Waals surface area contributed by atoms with Crippen LogP contribution in [0.5, 0.6) is 0 Å². The molecule has 1 heterocycles. The summed E-state index contributed by atoms with van der Waals surface area (Å²) in [6.45, 7) is 2.15. The number of fused-ring (bicyclic) bond motifs is 3. The van der Waals surface area contributed by atoms with Crippen molar-refractivity contribution >= 4 is 43.5 Å². The van der Waals surface area contributed by atoms with Gasteiger partial charge < -0.3 is 4.42 Å². The van der Waals surface area contributed by atoms with Gasteiger partial charge in [-0.2, -0.15) is 0 Å². The minimum Gasteiger partial charge on any atom is -0.456 e. The van der Waals surface area contributed by atoms with Crippen LogP contribution in [0.15, 0.2) is 83.3 Å². The summed E-state index contributed by atoms with van der Waals surface area (Å²) >= 11 is 0. The van der Waals surface area contributed by atoms with Crippen LogP contribution in [0.1, 0.15) is 5.56 Å². The van der Waals surface area contributed by atoms with Crippen molar-refractivity contribution in [2.75, 3.05) is 0 Å². The van der Waals surface area contributed by atoms with Crippen molar-refractivity contribution in [3.05, 3.63) is 84.4 Å². The van der Waals surface area contributed by atoms with Crippen LogP contribution in [0.3, 0.4) is 0 Å². The molecular formula is C25H16O. The fourth-order valence-electron chi connectivity index (χ4n) is 4.30. The molecule has 0 bridgehead atoms. The van der Waals surface area contributed by atoms with Gasteiger partial charge in [-0.05, 0) is 57.8 Å². The Morgan fingerprint density at radius 2 is 1.38 bits per heavy atom. The van der Waals surface area contributed by atoms with Crippen LogP contribution < -0.4 is 0 Å². The lowest BCUT2D eigenvalue weighted by molar-refractivity contribution is 0.669. The SMILES string of the molecule is Cc1ccc2c(c1)c1cccc3oc4cc(-c5ccccc5)cc2c4c31. The molecule has 26 heavy (non-hydrogen) atoms. The summed E-state index contributed by atoms with van der Waals surface area (Å²) < 4.78 is 6.28. The van der Waals surface area contributed by atoms with Gasteiger partial charge in [0.05, 0.1) is 0 Å². The second kappa shape index (κ2) is 4.86. The number of hydrogen-bond acceptors (Lipinski definition) is 1. The largest absolute Gasteiger partial charge is 0.456 e. The first-order valence-corrected chi connectivity index (χ1v) is 8.96. The maximum Gasteiger partial charge on any atom is 0.136 e. The van der Waals surface area contributed by atoms with E-state index in [0.29, 0.717) is 0 Å². The summed E-state index contributed by atoms with van der Waals surface area (Å²) in [5.74, 6) is 0. The van der Waals surface area contributed by atoms with Crippen LogP contribution in [-0.2, 0) is 0 Å². The molecule has 6 rings (SSSR count). The van der Waals surface area contributed by atoms with Crippen molar-refractivity contribution in [1.29, 1.82) is 0 Å². The molecule has 6 aromatic rings. The van der Waals surface area contributed by atoms with Gasteiger partial charge in [0.2, 0.25) is 0 Å². The molecule has 1 nitrogen and oxygen atoms in total. The molecule has 0 saturated heterocycles. The third-order valence-electron chi connectivity index (χ3n) is 5.46. The van der Waals surface area contributed by atoms with Gasteiger partial charge in [-0.3, -0.25) is 0 Å². The zero-order valence-electron chi connectivity index (χ0n) is 14.4. The maximum absolute atomic E-state index is 6.28. The van der Waals surface area contributed by atoms with E-state index in [9.17, 15) is 0 Å². The molecular weight excluding hydrogens is 316 g/mol. The van der Waals surface area contributed by atoms with E-state index < -0.39 is 0 Å². The molecule has 0 fully saturated rings. The average Bonchev–Trinajstić information content (AvgIpc) is 3.06. The highest BCUT2D eigenvalue weighted by atomic mass is 16.3. The van der Waals surface area contributed by atoms with Crippen LogP contribution in [0, 0.1) is 6.92 Å².